The van der Waals surface area contributed by atoms with Crippen molar-refractivity contribution in [1.29, 1.82) is 0 Å². The Hall–Kier alpha value is -2.22. The highest BCUT2D eigenvalue weighted by Crippen LogP contribution is 2.18. The first-order chi connectivity index (χ1) is 11.3. The summed E-state index contributed by atoms with van der Waals surface area (Å²) < 4.78 is 6.79. The van der Waals surface area contributed by atoms with Crippen LogP contribution < -0.4 is 10.6 Å². The molecular weight excluding hydrogens is 296 g/mol. The summed E-state index contributed by atoms with van der Waals surface area (Å²) in [5.74, 6) is 0.824. The predicted octanol–water partition coefficient (Wildman–Crippen LogP) is 1.19. The van der Waals surface area contributed by atoms with Crippen LogP contribution in [0.15, 0.2) is 12.5 Å². The lowest BCUT2D eigenvalue weighted by atomic mass is 10.2. The van der Waals surface area contributed by atoms with Gasteiger partial charge in [0.2, 0.25) is 5.91 Å². The number of rotatable bonds is 10. The molecule has 0 saturated heterocycles. The molecular formula is C15H24N6O2. The normalized spacial score (nSPS) is 10.9. The standard InChI is InChI=1S/C15H24N6O2/c1-3-4-5-13(22)16-6-8-21-15-12(10-20-21)14(18-11-19-15)17-7-9-23-2/h10-11H,3-9H2,1-2H3,(H,16,22)(H,17,18,19). The molecule has 0 spiro atoms. The van der Waals surface area contributed by atoms with Crippen LogP contribution in [0, 0.1) is 0 Å². The Bertz CT molecular complexity index is 627. The fourth-order valence-corrected chi connectivity index (χ4v) is 2.20. The van der Waals surface area contributed by atoms with Crippen LogP contribution in [0.2, 0.25) is 0 Å². The fourth-order valence-electron chi connectivity index (χ4n) is 2.20. The van der Waals surface area contributed by atoms with E-state index in [0.717, 1.165) is 29.7 Å². The van der Waals surface area contributed by atoms with Crippen LogP contribution in [0.1, 0.15) is 26.2 Å². The van der Waals surface area contributed by atoms with Crippen LogP contribution >= 0.6 is 0 Å². The first-order valence-corrected chi connectivity index (χ1v) is 7.92. The average Bonchev–Trinajstić information content (AvgIpc) is 2.97. The Balaban J connectivity index is 1.94. The molecule has 0 unspecified atom stereocenters. The van der Waals surface area contributed by atoms with E-state index in [2.05, 4.69) is 32.6 Å². The SMILES string of the molecule is CCCCC(=O)NCCn1ncc2c(NCCOC)ncnc21. The third-order valence-electron chi connectivity index (χ3n) is 3.44. The number of carbonyl (C=O) groups is 1. The monoisotopic (exact) mass is 320 g/mol. The second-order valence-corrected chi connectivity index (χ2v) is 5.20. The molecule has 0 atom stereocenters. The number of nitrogens with zero attached hydrogens (tertiary/aromatic N) is 4. The number of hydrogen-bond acceptors (Lipinski definition) is 6. The Morgan fingerprint density at radius 2 is 2.22 bits per heavy atom. The molecule has 8 nitrogen and oxygen atoms in total. The van der Waals surface area contributed by atoms with Crippen molar-refractivity contribution in [2.45, 2.75) is 32.7 Å². The van der Waals surface area contributed by atoms with E-state index in [9.17, 15) is 4.79 Å². The summed E-state index contributed by atoms with van der Waals surface area (Å²) >= 11 is 0. The maximum Gasteiger partial charge on any atom is 0.220 e. The van der Waals surface area contributed by atoms with E-state index in [4.69, 9.17) is 4.74 Å². The van der Waals surface area contributed by atoms with Crippen molar-refractivity contribution in [1.82, 2.24) is 25.1 Å². The minimum absolute atomic E-state index is 0.0832. The van der Waals surface area contributed by atoms with Crippen molar-refractivity contribution in [3.05, 3.63) is 12.5 Å². The number of amides is 1. The molecule has 0 aliphatic heterocycles. The third kappa shape index (κ3) is 4.88. The lowest BCUT2D eigenvalue weighted by Crippen LogP contribution is -2.27. The molecule has 2 aromatic heterocycles. The molecule has 23 heavy (non-hydrogen) atoms. The summed E-state index contributed by atoms with van der Waals surface area (Å²) in [7, 11) is 1.66. The summed E-state index contributed by atoms with van der Waals surface area (Å²) in [5, 5.41) is 11.3. The largest absolute Gasteiger partial charge is 0.383 e. The van der Waals surface area contributed by atoms with Gasteiger partial charge < -0.3 is 15.4 Å². The summed E-state index contributed by atoms with van der Waals surface area (Å²) in [6.45, 7) is 4.46. The van der Waals surface area contributed by atoms with Crippen LogP contribution in [0.5, 0.6) is 0 Å². The molecule has 0 bridgehead atoms. The number of carbonyl (C=O) groups excluding carboxylic acids is 1. The molecule has 2 rings (SSSR count). The summed E-state index contributed by atoms with van der Waals surface area (Å²) in [4.78, 5) is 20.1. The minimum atomic E-state index is 0.0832. The van der Waals surface area contributed by atoms with Crippen LogP contribution in [0.4, 0.5) is 5.82 Å². The fraction of sp³-hybridized carbons (Fsp3) is 0.600. The number of anilines is 1. The molecule has 0 fully saturated rings. The van der Waals surface area contributed by atoms with Gasteiger partial charge in [0.25, 0.3) is 0 Å². The topological polar surface area (TPSA) is 94.0 Å². The highest BCUT2D eigenvalue weighted by Gasteiger charge is 2.09. The van der Waals surface area contributed by atoms with Gasteiger partial charge in [0.05, 0.1) is 24.7 Å². The third-order valence-corrected chi connectivity index (χ3v) is 3.44. The lowest BCUT2D eigenvalue weighted by molar-refractivity contribution is -0.121. The number of hydrogen-bond donors (Lipinski definition) is 2. The molecule has 1 amide bonds. The van der Waals surface area contributed by atoms with Gasteiger partial charge in [0.15, 0.2) is 5.65 Å². The maximum absolute atomic E-state index is 11.6. The van der Waals surface area contributed by atoms with Gasteiger partial charge in [-0.05, 0) is 6.42 Å². The highest BCUT2D eigenvalue weighted by molar-refractivity contribution is 5.86. The van der Waals surface area contributed by atoms with E-state index in [1.807, 2.05) is 0 Å². The van der Waals surface area contributed by atoms with Gasteiger partial charge in [-0.25, -0.2) is 14.6 Å². The number of aromatic nitrogens is 4. The zero-order chi connectivity index (χ0) is 16.5. The number of ether oxygens (including phenoxy) is 1. The van der Waals surface area contributed by atoms with E-state index in [1.54, 1.807) is 18.0 Å². The molecule has 8 heteroatoms. The van der Waals surface area contributed by atoms with Crippen molar-refractivity contribution >= 4 is 22.8 Å². The number of methoxy groups -OCH3 is 1. The highest BCUT2D eigenvalue weighted by atomic mass is 16.5. The number of unbranched alkanes of at least 4 members (excludes halogenated alkanes) is 1. The second kappa shape index (κ2) is 9.04. The van der Waals surface area contributed by atoms with Gasteiger partial charge in [0, 0.05) is 26.6 Å². The molecule has 2 N–H and O–H groups in total. The van der Waals surface area contributed by atoms with Gasteiger partial charge in [0.1, 0.15) is 12.1 Å². The van der Waals surface area contributed by atoms with E-state index >= 15 is 0 Å². The van der Waals surface area contributed by atoms with Crippen molar-refractivity contribution in [2.75, 3.05) is 32.1 Å². The van der Waals surface area contributed by atoms with E-state index < -0.39 is 0 Å². The lowest BCUT2D eigenvalue weighted by Gasteiger charge is -2.07. The number of nitrogens with one attached hydrogen (secondary N) is 2. The molecule has 0 aliphatic rings. The van der Waals surface area contributed by atoms with Crippen molar-refractivity contribution in [3.63, 3.8) is 0 Å². The molecule has 0 aliphatic carbocycles. The average molecular weight is 320 g/mol. The Morgan fingerprint density at radius 3 is 3.00 bits per heavy atom. The molecule has 0 saturated carbocycles. The Kier molecular flexibility index (Phi) is 6.74. The first kappa shape index (κ1) is 17.1. The van der Waals surface area contributed by atoms with Crippen molar-refractivity contribution in [2.24, 2.45) is 0 Å². The molecule has 2 aromatic rings. The van der Waals surface area contributed by atoms with Crippen molar-refractivity contribution < 1.29 is 9.53 Å². The Labute approximate surface area is 135 Å². The van der Waals surface area contributed by atoms with Crippen LogP contribution in [0.25, 0.3) is 11.0 Å². The maximum atomic E-state index is 11.6. The van der Waals surface area contributed by atoms with Gasteiger partial charge >= 0.3 is 0 Å². The second-order valence-electron chi connectivity index (χ2n) is 5.20. The summed E-state index contributed by atoms with van der Waals surface area (Å²) in [6, 6.07) is 0. The van der Waals surface area contributed by atoms with Gasteiger partial charge in [-0.15, -0.1) is 0 Å². The summed E-state index contributed by atoms with van der Waals surface area (Å²) in [6.07, 6.45) is 5.76. The molecule has 2 heterocycles. The predicted molar refractivity (Wildman–Crippen MR) is 88.2 cm³/mol. The molecule has 0 radical (unpaired) electrons. The van der Waals surface area contributed by atoms with E-state index in [0.29, 0.717) is 32.7 Å². The quantitative estimate of drug-likeness (QED) is 0.639. The molecule has 126 valence electrons. The molecule has 0 aromatic carbocycles. The van der Waals surface area contributed by atoms with Gasteiger partial charge in [-0.1, -0.05) is 13.3 Å². The van der Waals surface area contributed by atoms with Gasteiger partial charge in [-0.3, -0.25) is 4.79 Å². The van der Waals surface area contributed by atoms with E-state index in [1.165, 1.54) is 6.33 Å². The van der Waals surface area contributed by atoms with Crippen molar-refractivity contribution in [3.8, 4) is 0 Å². The van der Waals surface area contributed by atoms with Crippen LogP contribution in [-0.2, 0) is 16.1 Å². The van der Waals surface area contributed by atoms with Gasteiger partial charge in [-0.2, -0.15) is 5.10 Å². The zero-order valence-corrected chi connectivity index (χ0v) is 13.7. The Morgan fingerprint density at radius 1 is 1.35 bits per heavy atom. The smallest absolute Gasteiger partial charge is 0.220 e. The van der Waals surface area contributed by atoms with Crippen LogP contribution in [0.3, 0.4) is 0 Å². The number of fused-ring (bicyclic) bond motifs is 1. The van der Waals surface area contributed by atoms with E-state index in [-0.39, 0.29) is 5.91 Å². The first-order valence-electron chi connectivity index (χ1n) is 7.92. The summed E-state index contributed by atoms with van der Waals surface area (Å²) in [5.41, 5.74) is 0.753. The zero-order valence-electron chi connectivity index (χ0n) is 13.7. The van der Waals surface area contributed by atoms with Crippen LogP contribution in [-0.4, -0.2) is 52.5 Å². The minimum Gasteiger partial charge on any atom is -0.383 e.